The van der Waals surface area contributed by atoms with Crippen molar-refractivity contribution in [3.8, 4) is 0 Å². The average molecular weight is 275 g/mol. The average Bonchev–Trinajstić information content (AvgIpc) is 2.08. The molecule has 0 aliphatic heterocycles. The summed E-state index contributed by atoms with van der Waals surface area (Å²) in [5.41, 5.74) is 5.24. The van der Waals surface area contributed by atoms with E-state index in [1.54, 1.807) is 0 Å². The number of carboxylic acids is 1. The van der Waals surface area contributed by atoms with E-state index in [1.165, 1.54) is 21.6 Å². The lowest BCUT2D eigenvalue weighted by Gasteiger charge is -2.04. The van der Waals surface area contributed by atoms with Gasteiger partial charge in [-0.15, -0.1) is 0 Å². The monoisotopic (exact) mass is 275 g/mol. The molecule has 0 aliphatic carbocycles. The van der Waals surface area contributed by atoms with E-state index in [0.29, 0.717) is 12.2 Å². The van der Waals surface area contributed by atoms with E-state index in [-0.39, 0.29) is 11.5 Å². The van der Waals surface area contributed by atoms with Crippen LogP contribution in [0.3, 0.4) is 0 Å². The van der Waals surface area contributed by atoms with Crippen LogP contribution in [0.5, 0.6) is 0 Å². The van der Waals surface area contributed by atoms with E-state index in [1.807, 2.05) is 0 Å². The van der Waals surface area contributed by atoms with Crippen molar-refractivity contribution in [3.05, 3.63) is 0 Å². The molecule has 0 saturated heterocycles. The van der Waals surface area contributed by atoms with E-state index in [9.17, 15) is 13.2 Å². The van der Waals surface area contributed by atoms with Gasteiger partial charge in [-0.2, -0.15) is 8.42 Å². The minimum absolute atomic E-state index is 0.270. The van der Waals surface area contributed by atoms with Gasteiger partial charge in [0.05, 0.1) is 5.75 Å². The number of hydrogen-bond acceptors (Lipinski definition) is 6. The van der Waals surface area contributed by atoms with Crippen LogP contribution in [0.25, 0.3) is 0 Å². The number of carboxylic acid groups (broad SMARTS) is 1. The zero-order valence-electron chi connectivity index (χ0n) is 7.83. The van der Waals surface area contributed by atoms with E-state index in [4.69, 9.17) is 15.4 Å². The van der Waals surface area contributed by atoms with Crippen LogP contribution in [0, 0.1) is 0 Å². The quantitative estimate of drug-likeness (QED) is 0.323. The minimum atomic E-state index is -3.89. The van der Waals surface area contributed by atoms with Crippen molar-refractivity contribution in [1.29, 1.82) is 0 Å². The lowest BCUT2D eigenvalue weighted by Crippen LogP contribution is -2.30. The van der Waals surface area contributed by atoms with Gasteiger partial charge in [0.1, 0.15) is 6.04 Å². The Morgan fingerprint density at radius 2 is 1.87 bits per heavy atom. The van der Waals surface area contributed by atoms with E-state index in [2.05, 4.69) is 0 Å². The summed E-state index contributed by atoms with van der Waals surface area (Å²) in [6.07, 6.45) is 0.332. The van der Waals surface area contributed by atoms with Gasteiger partial charge in [-0.1, -0.05) is 21.6 Å². The first kappa shape index (κ1) is 15.0. The molecule has 0 amide bonds. The number of rotatable bonds is 8. The second kappa shape index (κ2) is 7.34. The second-order valence-corrected chi connectivity index (χ2v) is 6.94. The Morgan fingerprint density at radius 3 is 2.33 bits per heavy atom. The lowest BCUT2D eigenvalue weighted by molar-refractivity contribution is -0.138. The summed E-state index contributed by atoms with van der Waals surface area (Å²) >= 11 is 0. The zero-order chi connectivity index (χ0) is 11.9. The van der Waals surface area contributed by atoms with Gasteiger partial charge in [0, 0.05) is 11.5 Å². The Hall–Kier alpha value is 0.0400. The fourth-order valence-corrected chi connectivity index (χ4v) is 3.86. The second-order valence-electron chi connectivity index (χ2n) is 2.66. The smallest absolute Gasteiger partial charge is 0.320 e. The molecule has 0 aromatic rings. The number of aliphatic carboxylic acids is 1. The van der Waals surface area contributed by atoms with Gasteiger partial charge in [0.25, 0.3) is 10.1 Å². The topological polar surface area (TPSA) is 118 Å². The fraction of sp³-hybridized carbons (Fsp3) is 0.833. The number of carbonyl (C=O) groups is 1. The van der Waals surface area contributed by atoms with Crippen molar-refractivity contribution < 1.29 is 22.9 Å². The summed E-state index contributed by atoms with van der Waals surface area (Å²) < 4.78 is 29.0. The Morgan fingerprint density at radius 1 is 1.33 bits per heavy atom. The van der Waals surface area contributed by atoms with Crippen LogP contribution in [0.1, 0.15) is 6.42 Å². The van der Waals surface area contributed by atoms with Gasteiger partial charge in [0.2, 0.25) is 0 Å². The zero-order valence-corrected chi connectivity index (χ0v) is 10.3. The fourth-order valence-electron chi connectivity index (χ4n) is 0.556. The summed E-state index contributed by atoms with van der Waals surface area (Å²) in [5.74, 6) is -0.538. The molecule has 0 heterocycles. The minimum Gasteiger partial charge on any atom is -0.480 e. The highest BCUT2D eigenvalue weighted by Gasteiger charge is 2.10. The lowest BCUT2D eigenvalue weighted by atomic mass is 10.2. The van der Waals surface area contributed by atoms with Gasteiger partial charge in [-0.25, -0.2) is 0 Å². The molecule has 90 valence electrons. The summed E-state index contributed by atoms with van der Waals surface area (Å²) in [5, 5.41) is 8.44. The first-order chi connectivity index (χ1) is 6.83. The van der Waals surface area contributed by atoms with Crippen LogP contribution in [0.15, 0.2) is 0 Å². The maximum absolute atomic E-state index is 10.3. The highest BCUT2D eigenvalue weighted by atomic mass is 33.1. The van der Waals surface area contributed by atoms with Crippen LogP contribution >= 0.6 is 21.6 Å². The number of nitrogens with two attached hydrogens (primary N) is 1. The standard InChI is InChI=1S/C6H13NO5S3/c7-5(6(8)9)1-2-13-14-3-4-15(10,11)12/h5H,1-4,7H2,(H,8,9)(H,10,11,12). The first-order valence-electron chi connectivity index (χ1n) is 4.01. The van der Waals surface area contributed by atoms with Gasteiger partial charge in [-0.05, 0) is 6.42 Å². The molecule has 15 heavy (non-hydrogen) atoms. The van der Waals surface area contributed by atoms with Crippen molar-refractivity contribution in [1.82, 2.24) is 0 Å². The van der Waals surface area contributed by atoms with Gasteiger partial charge in [0.15, 0.2) is 0 Å². The largest absolute Gasteiger partial charge is 0.480 e. The highest BCUT2D eigenvalue weighted by Crippen LogP contribution is 2.22. The van der Waals surface area contributed by atoms with E-state index in [0.717, 1.165) is 0 Å². The first-order valence-corrected chi connectivity index (χ1v) is 8.10. The van der Waals surface area contributed by atoms with Crippen molar-refractivity contribution in [2.24, 2.45) is 5.73 Å². The Labute approximate surface area is 96.1 Å². The summed E-state index contributed by atoms with van der Waals surface area (Å²) in [6, 6.07) is -0.875. The molecule has 4 N–H and O–H groups in total. The normalized spacial score (nSPS) is 13.7. The number of hydrogen-bond donors (Lipinski definition) is 3. The van der Waals surface area contributed by atoms with Crippen LogP contribution in [0.4, 0.5) is 0 Å². The van der Waals surface area contributed by atoms with Crippen molar-refractivity contribution >= 4 is 37.7 Å². The van der Waals surface area contributed by atoms with Crippen molar-refractivity contribution in [3.63, 3.8) is 0 Å². The molecule has 0 aromatic heterocycles. The molecule has 0 bridgehead atoms. The van der Waals surface area contributed by atoms with Crippen LogP contribution in [-0.4, -0.2) is 47.3 Å². The van der Waals surface area contributed by atoms with E-state index < -0.39 is 22.1 Å². The van der Waals surface area contributed by atoms with Gasteiger partial charge < -0.3 is 10.8 Å². The van der Waals surface area contributed by atoms with Crippen molar-refractivity contribution in [2.45, 2.75) is 12.5 Å². The van der Waals surface area contributed by atoms with E-state index >= 15 is 0 Å². The molecule has 1 unspecified atom stereocenters. The van der Waals surface area contributed by atoms with Crippen molar-refractivity contribution in [2.75, 3.05) is 17.3 Å². The Balaban J connectivity index is 3.37. The molecule has 0 spiro atoms. The molecule has 0 radical (unpaired) electrons. The predicted molar refractivity (Wildman–Crippen MR) is 61.6 cm³/mol. The molecule has 0 aliphatic rings. The maximum Gasteiger partial charge on any atom is 0.320 e. The molecular formula is C6H13NO5S3. The molecule has 0 aromatic carbocycles. The molecule has 9 heteroatoms. The van der Waals surface area contributed by atoms with Gasteiger partial charge in [-0.3, -0.25) is 9.35 Å². The summed E-state index contributed by atoms with van der Waals surface area (Å²) in [4.78, 5) is 10.3. The third-order valence-electron chi connectivity index (χ3n) is 1.34. The molecule has 0 fully saturated rings. The van der Waals surface area contributed by atoms with Crippen LogP contribution < -0.4 is 5.73 Å². The maximum atomic E-state index is 10.3. The molecule has 1 atom stereocenters. The Kier molecular flexibility index (Phi) is 7.36. The van der Waals surface area contributed by atoms with Crippen LogP contribution in [0.2, 0.25) is 0 Å². The SMILES string of the molecule is NC(CCSSCCS(=O)(=O)O)C(=O)O. The molecular weight excluding hydrogens is 262 g/mol. The molecule has 0 saturated carbocycles. The third-order valence-corrected chi connectivity index (χ3v) is 4.76. The Bertz CT molecular complexity index is 291. The van der Waals surface area contributed by atoms with Gasteiger partial charge >= 0.3 is 5.97 Å². The summed E-state index contributed by atoms with van der Waals surface area (Å²) in [6.45, 7) is 0. The molecule has 6 nitrogen and oxygen atoms in total. The summed E-state index contributed by atoms with van der Waals surface area (Å²) in [7, 11) is -1.29. The van der Waals surface area contributed by atoms with Crippen LogP contribution in [-0.2, 0) is 14.9 Å². The third kappa shape index (κ3) is 10.3. The predicted octanol–water partition coefficient (Wildman–Crippen LogP) is 0.0576. The molecule has 0 rings (SSSR count). The highest BCUT2D eigenvalue weighted by molar-refractivity contribution is 8.76.